The largest absolute Gasteiger partial charge is 0.481 e. The second kappa shape index (κ2) is 7.49. The summed E-state index contributed by atoms with van der Waals surface area (Å²) in [7, 11) is 0. The average Bonchev–Trinajstić information content (AvgIpc) is 2.36. The first-order valence-corrected chi connectivity index (χ1v) is 6.25. The number of hydrogen-bond donors (Lipinski definition) is 3. The summed E-state index contributed by atoms with van der Waals surface area (Å²) in [6.07, 6.45) is -0.557. The Morgan fingerprint density at radius 1 is 1.20 bits per heavy atom. The number of carbonyl (C=O) groups is 3. The normalized spacial score (nSPS) is 11.7. The first kappa shape index (κ1) is 16.0. The highest BCUT2D eigenvalue weighted by atomic mass is 35.5. The fourth-order valence-electron chi connectivity index (χ4n) is 1.59. The first-order valence-electron chi connectivity index (χ1n) is 5.87. The van der Waals surface area contributed by atoms with Crippen molar-refractivity contribution in [2.45, 2.75) is 25.3 Å². The predicted molar refractivity (Wildman–Crippen MR) is 71.6 cm³/mol. The molecule has 1 aromatic carbocycles. The molecule has 1 unspecified atom stereocenters. The molecular weight excluding hydrogens is 286 g/mol. The van der Waals surface area contributed by atoms with Crippen LogP contribution in [-0.4, -0.2) is 34.1 Å². The minimum Gasteiger partial charge on any atom is -0.481 e. The van der Waals surface area contributed by atoms with E-state index in [-0.39, 0.29) is 19.3 Å². The van der Waals surface area contributed by atoms with Gasteiger partial charge in [0.2, 0.25) is 5.91 Å². The third-order valence-corrected chi connectivity index (χ3v) is 2.96. The monoisotopic (exact) mass is 299 g/mol. The van der Waals surface area contributed by atoms with E-state index < -0.39 is 23.9 Å². The molecule has 1 rings (SSSR count). The molecule has 0 bridgehead atoms. The van der Waals surface area contributed by atoms with E-state index in [0.29, 0.717) is 10.6 Å². The molecule has 20 heavy (non-hydrogen) atoms. The number of rotatable bonds is 7. The summed E-state index contributed by atoms with van der Waals surface area (Å²) in [5.41, 5.74) is 0.578. The van der Waals surface area contributed by atoms with Gasteiger partial charge in [-0.1, -0.05) is 29.8 Å². The van der Waals surface area contributed by atoms with Crippen LogP contribution in [0.5, 0.6) is 0 Å². The van der Waals surface area contributed by atoms with Crippen molar-refractivity contribution in [1.29, 1.82) is 0 Å². The van der Waals surface area contributed by atoms with E-state index >= 15 is 0 Å². The number of hydrogen-bond acceptors (Lipinski definition) is 3. The van der Waals surface area contributed by atoms with Crippen molar-refractivity contribution in [3.05, 3.63) is 34.9 Å². The molecule has 0 aliphatic carbocycles. The van der Waals surface area contributed by atoms with Crippen LogP contribution in [0.25, 0.3) is 0 Å². The van der Waals surface area contributed by atoms with Gasteiger partial charge in [0.1, 0.15) is 6.04 Å². The molecule has 0 aromatic heterocycles. The van der Waals surface area contributed by atoms with Gasteiger partial charge in [-0.2, -0.15) is 0 Å². The summed E-state index contributed by atoms with van der Waals surface area (Å²) in [5.74, 6) is -2.90. The van der Waals surface area contributed by atoms with E-state index in [1.54, 1.807) is 24.3 Å². The number of carboxylic acid groups (broad SMARTS) is 2. The summed E-state index contributed by atoms with van der Waals surface area (Å²) in [6.45, 7) is 0. The molecule has 0 heterocycles. The molecule has 1 aromatic rings. The van der Waals surface area contributed by atoms with Crippen molar-refractivity contribution < 1.29 is 24.6 Å². The smallest absolute Gasteiger partial charge is 0.326 e. The quantitative estimate of drug-likeness (QED) is 0.704. The van der Waals surface area contributed by atoms with Crippen LogP contribution >= 0.6 is 11.6 Å². The lowest BCUT2D eigenvalue weighted by Gasteiger charge is -2.13. The van der Waals surface area contributed by atoms with Crippen LogP contribution in [-0.2, 0) is 20.8 Å². The highest BCUT2D eigenvalue weighted by molar-refractivity contribution is 6.31. The summed E-state index contributed by atoms with van der Waals surface area (Å²) in [5, 5.41) is 20.2. The summed E-state index contributed by atoms with van der Waals surface area (Å²) >= 11 is 5.90. The Morgan fingerprint density at radius 3 is 2.40 bits per heavy atom. The fourth-order valence-corrected chi connectivity index (χ4v) is 1.79. The first-order chi connectivity index (χ1) is 9.40. The Kier molecular flexibility index (Phi) is 5.99. The molecule has 108 valence electrons. The highest BCUT2D eigenvalue weighted by Crippen LogP contribution is 2.15. The lowest BCUT2D eigenvalue weighted by Crippen LogP contribution is -2.41. The summed E-state index contributed by atoms with van der Waals surface area (Å²) < 4.78 is 0. The van der Waals surface area contributed by atoms with Gasteiger partial charge < -0.3 is 15.5 Å². The Morgan fingerprint density at radius 2 is 1.85 bits per heavy atom. The molecule has 1 atom stereocenters. The molecule has 0 saturated carbocycles. The maximum Gasteiger partial charge on any atom is 0.326 e. The average molecular weight is 300 g/mol. The number of halogens is 1. The number of carboxylic acids is 2. The van der Waals surface area contributed by atoms with Crippen LogP contribution in [0.1, 0.15) is 18.4 Å². The maximum atomic E-state index is 11.7. The van der Waals surface area contributed by atoms with Gasteiger partial charge >= 0.3 is 11.9 Å². The SMILES string of the molecule is O=C(O)CCC(NC(=O)Cc1ccccc1Cl)C(=O)O. The Balaban J connectivity index is 2.60. The van der Waals surface area contributed by atoms with Crippen LogP contribution < -0.4 is 5.32 Å². The summed E-state index contributed by atoms with van der Waals surface area (Å²) in [4.78, 5) is 33.1. The van der Waals surface area contributed by atoms with E-state index in [2.05, 4.69) is 5.32 Å². The zero-order valence-electron chi connectivity index (χ0n) is 10.5. The zero-order chi connectivity index (χ0) is 15.1. The molecule has 0 spiro atoms. The highest BCUT2D eigenvalue weighted by Gasteiger charge is 2.21. The van der Waals surface area contributed by atoms with Gasteiger partial charge in [0.25, 0.3) is 0 Å². The Labute approximate surface area is 120 Å². The molecule has 0 aliphatic heterocycles. The van der Waals surface area contributed by atoms with Crippen LogP contribution in [0.15, 0.2) is 24.3 Å². The van der Waals surface area contributed by atoms with Crippen molar-refractivity contribution in [1.82, 2.24) is 5.32 Å². The maximum absolute atomic E-state index is 11.7. The van der Waals surface area contributed by atoms with E-state index in [1.807, 2.05) is 0 Å². The Bertz CT molecular complexity index is 517. The topological polar surface area (TPSA) is 104 Å². The molecule has 0 fully saturated rings. The molecule has 3 N–H and O–H groups in total. The fraction of sp³-hybridized carbons (Fsp3) is 0.308. The third kappa shape index (κ3) is 5.27. The minimum atomic E-state index is -1.27. The van der Waals surface area contributed by atoms with Gasteiger partial charge in [-0.15, -0.1) is 0 Å². The van der Waals surface area contributed by atoms with Gasteiger partial charge in [-0.25, -0.2) is 4.79 Å². The second-order valence-electron chi connectivity index (χ2n) is 4.16. The van der Waals surface area contributed by atoms with Crippen LogP contribution in [0, 0.1) is 0 Å². The molecule has 0 radical (unpaired) electrons. The van der Waals surface area contributed by atoms with E-state index in [0.717, 1.165) is 0 Å². The number of carbonyl (C=O) groups excluding carboxylic acids is 1. The van der Waals surface area contributed by atoms with Crippen molar-refractivity contribution in [2.24, 2.45) is 0 Å². The third-order valence-electron chi connectivity index (χ3n) is 2.59. The van der Waals surface area contributed by atoms with Gasteiger partial charge in [-0.3, -0.25) is 9.59 Å². The van der Waals surface area contributed by atoms with Gasteiger partial charge in [0.05, 0.1) is 6.42 Å². The van der Waals surface area contributed by atoms with Crippen LogP contribution in [0.4, 0.5) is 0 Å². The van der Waals surface area contributed by atoms with Crippen molar-refractivity contribution >= 4 is 29.4 Å². The molecule has 1 amide bonds. The number of benzene rings is 1. The number of aliphatic carboxylic acids is 2. The molecule has 0 saturated heterocycles. The van der Waals surface area contributed by atoms with E-state index in [4.69, 9.17) is 21.8 Å². The molecular formula is C13H14ClNO5. The van der Waals surface area contributed by atoms with Crippen molar-refractivity contribution in [2.75, 3.05) is 0 Å². The van der Waals surface area contributed by atoms with Gasteiger partial charge in [-0.05, 0) is 18.1 Å². The standard InChI is InChI=1S/C13H14ClNO5/c14-9-4-2-1-3-8(9)7-11(16)15-10(13(19)20)5-6-12(17)18/h1-4,10H,5-7H2,(H,15,16)(H,17,18)(H,19,20). The zero-order valence-corrected chi connectivity index (χ0v) is 11.3. The number of nitrogens with one attached hydrogen (secondary N) is 1. The van der Waals surface area contributed by atoms with Crippen LogP contribution in [0.3, 0.4) is 0 Å². The Hall–Kier alpha value is -2.08. The second-order valence-corrected chi connectivity index (χ2v) is 4.57. The van der Waals surface area contributed by atoms with Crippen molar-refractivity contribution in [3.8, 4) is 0 Å². The minimum absolute atomic E-state index is 0.0590. The van der Waals surface area contributed by atoms with E-state index in [1.165, 1.54) is 0 Å². The van der Waals surface area contributed by atoms with Crippen LogP contribution in [0.2, 0.25) is 5.02 Å². The molecule has 7 heteroatoms. The van der Waals surface area contributed by atoms with E-state index in [9.17, 15) is 14.4 Å². The number of amides is 1. The lowest BCUT2D eigenvalue weighted by molar-refractivity contribution is -0.143. The van der Waals surface area contributed by atoms with Gasteiger partial charge in [0, 0.05) is 11.4 Å². The summed E-state index contributed by atoms with van der Waals surface area (Å²) in [6, 6.07) is 5.50. The molecule has 6 nitrogen and oxygen atoms in total. The van der Waals surface area contributed by atoms with Crippen molar-refractivity contribution in [3.63, 3.8) is 0 Å². The molecule has 0 aliphatic rings. The van der Waals surface area contributed by atoms with Gasteiger partial charge in [0.15, 0.2) is 0 Å². The lowest BCUT2D eigenvalue weighted by atomic mass is 10.1. The predicted octanol–water partition coefficient (Wildman–Crippen LogP) is 1.32.